The molecule has 0 bridgehead atoms. The molecule has 0 aromatic heterocycles. The number of hydrogen-bond acceptors (Lipinski definition) is 9. The van der Waals surface area contributed by atoms with Gasteiger partial charge in [0.2, 0.25) is 0 Å². The summed E-state index contributed by atoms with van der Waals surface area (Å²) in [5.74, 6) is 0. The van der Waals surface area contributed by atoms with Crippen LogP contribution in [0.1, 0.15) is 55.0 Å². The molecule has 1 saturated heterocycles. The van der Waals surface area contributed by atoms with Crippen LogP contribution < -0.4 is 10.4 Å². The summed E-state index contributed by atoms with van der Waals surface area (Å²) in [5, 5.41) is 1.71. The van der Waals surface area contributed by atoms with Crippen molar-refractivity contribution in [1.82, 2.24) is 0 Å². The topological polar surface area (TPSA) is 98.8 Å². The number of benzene rings is 7. The van der Waals surface area contributed by atoms with Crippen LogP contribution in [-0.4, -0.2) is 66.6 Å². The Morgan fingerprint density at radius 3 is 1.34 bits per heavy atom. The first kappa shape index (κ1) is 51.8. The minimum atomic E-state index is -4.34. The summed E-state index contributed by atoms with van der Waals surface area (Å²) in [6.45, 7) is 9.66. The standard InChI is InChI=1S/C60H66O9SSi/c1-46-35-37-52(38-36-46)70(61,62)69-51(44-67-71(60(2,3)4,53-31-19-9-20-32-53)54-33-21-10-22-34-54)39-55-57(64-41-48-25-13-6-14-26-48)59(66-43-50-29-17-8-18-30-50)58(65-42-49-27-15-7-16-28-49)56(68-55)45-63-40-47-23-11-5-12-24-47/h5-38,51,55-59H,39-45H2,1-4H3/t51-,55+,56-,57+,58+,59-/m1/s1. The predicted molar refractivity (Wildman–Crippen MR) is 281 cm³/mol. The third kappa shape index (κ3) is 13.7. The molecule has 1 fully saturated rings. The second-order valence-electron chi connectivity index (χ2n) is 19.2. The van der Waals surface area contributed by atoms with E-state index in [0.717, 1.165) is 38.2 Å². The van der Waals surface area contributed by atoms with Crippen LogP contribution in [0, 0.1) is 6.92 Å². The Balaban J connectivity index is 1.22. The van der Waals surface area contributed by atoms with E-state index in [1.165, 1.54) is 0 Å². The highest BCUT2D eigenvalue weighted by Gasteiger charge is 2.52. The Kier molecular flexibility index (Phi) is 18.0. The summed E-state index contributed by atoms with van der Waals surface area (Å²) in [7, 11) is -7.55. The Hall–Kier alpha value is -5.57. The van der Waals surface area contributed by atoms with E-state index in [9.17, 15) is 8.42 Å². The quantitative estimate of drug-likeness (QED) is 0.0458. The largest absolute Gasteiger partial charge is 0.405 e. The normalized spacial score (nSPS) is 19.0. The highest BCUT2D eigenvalue weighted by Crippen LogP contribution is 2.38. The zero-order valence-electron chi connectivity index (χ0n) is 41.1. The van der Waals surface area contributed by atoms with Gasteiger partial charge in [-0.05, 0) is 56.7 Å². The van der Waals surface area contributed by atoms with Gasteiger partial charge in [0.25, 0.3) is 18.4 Å². The number of rotatable bonds is 23. The summed E-state index contributed by atoms with van der Waals surface area (Å²) in [5.41, 5.74) is 4.85. The summed E-state index contributed by atoms with van der Waals surface area (Å²) < 4.78 is 77.9. The molecule has 11 heteroatoms. The number of ether oxygens (including phenoxy) is 5. The van der Waals surface area contributed by atoms with E-state index >= 15 is 0 Å². The fourth-order valence-corrected chi connectivity index (χ4v) is 15.1. The van der Waals surface area contributed by atoms with E-state index in [4.69, 9.17) is 32.3 Å². The van der Waals surface area contributed by atoms with Crippen LogP contribution in [0.25, 0.3) is 0 Å². The molecule has 0 unspecified atom stereocenters. The molecule has 0 N–H and O–H groups in total. The van der Waals surface area contributed by atoms with Crippen LogP contribution in [0.3, 0.4) is 0 Å². The summed E-state index contributed by atoms with van der Waals surface area (Å²) in [6, 6.07) is 67.2. The first-order chi connectivity index (χ1) is 34.5. The second-order valence-corrected chi connectivity index (χ2v) is 25.1. The van der Waals surface area contributed by atoms with Crippen LogP contribution in [-0.2, 0) is 68.8 Å². The summed E-state index contributed by atoms with van der Waals surface area (Å²) in [4.78, 5) is 0.0469. The lowest BCUT2D eigenvalue weighted by Gasteiger charge is -2.47. The van der Waals surface area contributed by atoms with Gasteiger partial charge in [-0.15, -0.1) is 0 Å². The SMILES string of the molecule is Cc1ccc(S(=O)(=O)O[C@@H](CO[Si](c2ccccc2)(c2ccccc2)C(C)(C)C)C[C@@H]2O[C@H](COCc3ccccc3)[C@H](OCc3ccccc3)[C@H](OCc3ccccc3)[C@H]2OCc2ccccc2)cc1. The van der Waals surface area contributed by atoms with Gasteiger partial charge in [0.05, 0.1) is 50.6 Å². The smallest absolute Gasteiger partial charge is 0.297 e. The first-order valence-electron chi connectivity index (χ1n) is 24.5. The van der Waals surface area contributed by atoms with Crippen molar-refractivity contribution in [1.29, 1.82) is 0 Å². The third-order valence-electron chi connectivity index (χ3n) is 12.9. The van der Waals surface area contributed by atoms with Gasteiger partial charge in [-0.3, -0.25) is 4.18 Å². The lowest BCUT2D eigenvalue weighted by molar-refractivity contribution is -0.276. The van der Waals surface area contributed by atoms with Gasteiger partial charge in [-0.2, -0.15) is 8.42 Å². The lowest BCUT2D eigenvalue weighted by atomic mass is 9.91. The van der Waals surface area contributed by atoms with Crippen molar-refractivity contribution in [2.24, 2.45) is 0 Å². The maximum absolute atomic E-state index is 14.6. The molecule has 0 radical (unpaired) electrons. The van der Waals surface area contributed by atoms with Gasteiger partial charge >= 0.3 is 0 Å². The van der Waals surface area contributed by atoms with E-state index in [1.54, 1.807) is 24.3 Å². The van der Waals surface area contributed by atoms with Crippen molar-refractivity contribution >= 4 is 28.8 Å². The molecule has 1 aliphatic heterocycles. The number of hydrogen-bond donors (Lipinski definition) is 0. The molecule has 370 valence electrons. The second kappa shape index (κ2) is 24.7. The van der Waals surface area contributed by atoms with E-state index in [-0.39, 0.29) is 44.4 Å². The molecule has 0 saturated carbocycles. The zero-order chi connectivity index (χ0) is 49.5. The van der Waals surface area contributed by atoms with Crippen molar-refractivity contribution in [2.45, 2.75) is 107 Å². The highest BCUT2D eigenvalue weighted by atomic mass is 32.2. The average Bonchev–Trinajstić information content (AvgIpc) is 3.39. The van der Waals surface area contributed by atoms with Crippen LogP contribution in [0.5, 0.6) is 0 Å². The molecule has 0 spiro atoms. The molecule has 7 aromatic carbocycles. The first-order valence-corrected chi connectivity index (χ1v) is 27.8. The average molecular weight is 991 g/mol. The van der Waals surface area contributed by atoms with Crippen molar-refractivity contribution in [3.63, 3.8) is 0 Å². The highest BCUT2D eigenvalue weighted by molar-refractivity contribution is 7.86. The van der Waals surface area contributed by atoms with E-state index in [2.05, 4.69) is 45.0 Å². The Bertz CT molecular complexity index is 2710. The molecule has 1 heterocycles. The van der Waals surface area contributed by atoms with Crippen LogP contribution in [0.2, 0.25) is 5.04 Å². The molecule has 7 aromatic rings. The maximum atomic E-state index is 14.6. The van der Waals surface area contributed by atoms with Crippen LogP contribution in [0.4, 0.5) is 0 Å². The van der Waals surface area contributed by atoms with Gasteiger partial charge in [0, 0.05) is 6.42 Å². The van der Waals surface area contributed by atoms with Gasteiger partial charge in [0.1, 0.15) is 30.5 Å². The van der Waals surface area contributed by atoms with E-state index in [1.807, 2.05) is 165 Å². The van der Waals surface area contributed by atoms with Crippen LogP contribution in [0.15, 0.2) is 211 Å². The zero-order valence-corrected chi connectivity index (χ0v) is 42.9. The minimum Gasteiger partial charge on any atom is -0.405 e. The van der Waals surface area contributed by atoms with Crippen molar-refractivity contribution < 1.29 is 40.7 Å². The monoisotopic (exact) mass is 990 g/mol. The minimum absolute atomic E-state index is 0.0469. The molecular weight excluding hydrogens is 925 g/mol. The molecule has 0 aliphatic carbocycles. The molecular formula is C60H66O9SSi. The van der Waals surface area contributed by atoms with Gasteiger partial charge < -0.3 is 28.1 Å². The van der Waals surface area contributed by atoms with Gasteiger partial charge in [-0.25, -0.2) is 0 Å². The van der Waals surface area contributed by atoms with Gasteiger partial charge in [-0.1, -0.05) is 220 Å². The lowest BCUT2D eigenvalue weighted by Crippen LogP contribution is -2.67. The molecule has 0 amide bonds. The van der Waals surface area contributed by atoms with E-state index in [0.29, 0.717) is 6.61 Å². The van der Waals surface area contributed by atoms with Gasteiger partial charge in [0.15, 0.2) is 0 Å². The predicted octanol–water partition coefficient (Wildman–Crippen LogP) is 10.8. The maximum Gasteiger partial charge on any atom is 0.297 e. The number of aryl methyl sites for hydroxylation is 1. The summed E-state index contributed by atoms with van der Waals surface area (Å²) >= 11 is 0. The third-order valence-corrected chi connectivity index (χ3v) is 19.3. The fraction of sp³-hybridized carbons (Fsp3) is 0.300. The van der Waals surface area contributed by atoms with Crippen molar-refractivity contribution in [3.8, 4) is 0 Å². The molecule has 9 nitrogen and oxygen atoms in total. The Morgan fingerprint density at radius 2 is 0.901 bits per heavy atom. The Labute approximate surface area is 421 Å². The fourth-order valence-electron chi connectivity index (χ4n) is 9.39. The van der Waals surface area contributed by atoms with Crippen molar-refractivity contribution in [3.05, 3.63) is 234 Å². The molecule has 6 atom stereocenters. The molecule has 8 rings (SSSR count). The Morgan fingerprint density at radius 1 is 0.507 bits per heavy atom. The molecule has 71 heavy (non-hydrogen) atoms. The van der Waals surface area contributed by atoms with Crippen LogP contribution >= 0.6 is 0 Å². The summed E-state index contributed by atoms with van der Waals surface area (Å²) in [6.07, 6.45) is -4.69. The van der Waals surface area contributed by atoms with E-state index < -0.39 is 60.1 Å². The van der Waals surface area contributed by atoms with Crippen molar-refractivity contribution in [2.75, 3.05) is 13.2 Å². The molecule has 1 aliphatic rings.